The average molecular weight is 287 g/mol. The predicted octanol–water partition coefficient (Wildman–Crippen LogP) is 3.99. The van der Waals surface area contributed by atoms with Crippen LogP contribution in [0.15, 0.2) is 54.6 Å². The van der Waals surface area contributed by atoms with Crippen LogP contribution in [-0.2, 0) is 16.9 Å². The molecule has 0 saturated carbocycles. The van der Waals surface area contributed by atoms with Crippen molar-refractivity contribution in [2.24, 2.45) is 0 Å². The summed E-state index contributed by atoms with van der Waals surface area (Å²) in [5, 5.41) is 2.78. The first-order valence-electron chi connectivity index (χ1n) is 6.72. The Morgan fingerprint density at radius 1 is 1.10 bits per heavy atom. The Hall–Kier alpha value is -2.36. The SMILES string of the molecule is CC(C)(NC(=O)OCc1ccccc1)c1ccc(F)cc1. The van der Waals surface area contributed by atoms with E-state index in [9.17, 15) is 9.18 Å². The molecule has 2 rings (SSSR count). The lowest BCUT2D eigenvalue weighted by atomic mass is 9.94. The van der Waals surface area contributed by atoms with E-state index in [1.54, 1.807) is 12.1 Å². The lowest BCUT2D eigenvalue weighted by molar-refractivity contribution is 0.129. The largest absolute Gasteiger partial charge is 0.445 e. The molecule has 0 unspecified atom stereocenters. The van der Waals surface area contributed by atoms with Gasteiger partial charge in [0.2, 0.25) is 0 Å². The Bertz CT molecular complexity index is 594. The molecule has 1 N–H and O–H groups in total. The summed E-state index contributed by atoms with van der Waals surface area (Å²) in [5.41, 5.74) is 1.09. The van der Waals surface area contributed by atoms with Gasteiger partial charge < -0.3 is 10.1 Å². The van der Waals surface area contributed by atoms with Crippen molar-refractivity contribution in [2.75, 3.05) is 0 Å². The summed E-state index contributed by atoms with van der Waals surface area (Å²) in [6.07, 6.45) is -0.506. The van der Waals surface area contributed by atoms with Crippen molar-refractivity contribution in [1.82, 2.24) is 5.32 Å². The molecule has 0 aromatic heterocycles. The number of nitrogens with one attached hydrogen (secondary N) is 1. The van der Waals surface area contributed by atoms with Gasteiger partial charge in [-0.3, -0.25) is 0 Å². The quantitative estimate of drug-likeness (QED) is 0.923. The Morgan fingerprint density at radius 3 is 2.33 bits per heavy atom. The zero-order valence-electron chi connectivity index (χ0n) is 12.1. The highest BCUT2D eigenvalue weighted by Gasteiger charge is 2.23. The molecule has 0 heterocycles. The van der Waals surface area contributed by atoms with E-state index in [0.717, 1.165) is 11.1 Å². The summed E-state index contributed by atoms with van der Waals surface area (Å²) in [6, 6.07) is 15.5. The Labute approximate surface area is 123 Å². The van der Waals surface area contributed by atoms with E-state index in [1.807, 2.05) is 44.2 Å². The van der Waals surface area contributed by atoms with Gasteiger partial charge in [0.15, 0.2) is 0 Å². The van der Waals surface area contributed by atoms with Crippen LogP contribution in [0.3, 0.4) is 0 Å². The van der Waals surface area contributed by atoms with Crippen LogP contribution >= 0.6 is 0 Å². The van der Waals surface area contributed by atoms with Crippen molar-refractivity contribution in [3.63, 3.8) is 0 Å². The number of carbonyl (C=O) groups is 1. The molecule has 0 bridgehead atoms. The highest BCUT2D eigenvalue weighted by atomic mass is 19.1. The van der Waals surface area contributed by atoms with Gasteiger partial charge in [0.05, 0.1) is 5.54 Å². The van der Waals surface area contributed by atoms with Crippen LogP contribution in [0.25, 0.3) is 0 Å². The number of hydrogen-bond acceptors (Lipinski definition) is 2. The second-order valence-corrected chi connectivity index (χ2v) is 5.32. The number of alkyl carbamates (subject to hydrolysis) is 1. The number of ether oxygens (including phenoxy) is 1. The van der Waals surface area contributed by atoms with Gasteiger partial charge in [-0.05, 0) is 37.1 Å². The third-order valence-corrected chi connectivity index (χ3v) is 3.19. The minimum absolute atomic E-state index is 0.214. The van der Waals surface area contributed by atoms with Crippen LogP contribution in [0.2, 0.25) is 0 Å². The van der Waals surface area contributed by atoms with Crippen LogP contribution in [0.5, 0.6) is 0 Å². The number of amides is 1. The molecular formula is C17H18FNO2. The summed E-state index contributed by atoms with van der Waals surface area (Å²) in [5.74, 6) is -0.304. The molecule has 0 atom stereocenters. The third-order valence-electron chi connectivity index (χ3n) is 3.19. The first kappa shape index (κ1) is 15.0. The van der Waals surface area contributed by atoms with Gasteiger partial charge in [0.25, 0.3) is 0 Å². The predicted molar refractivity (Wildman–Crippen MR) is 79.2 cm³/mol. The van der Waals surface area contributed by atoms with Gasteiger partial charge in [-0.25, -0.2) is 9.18 Å². The van der Waals surface area contributed by atoms with E-state index >= 15 is 0 Å². The van der Waals surface area contributed by atoms with Crippen molar-refractivity contribution in [3.8, 4) is 0 Å². The summed E-state index contributed by atoms with van der Waals surface area (Å²) in [7, 11) is 0. The van der Waals surface area contributed by atoms with E-state index in [4.69, 9.17) is 4.74 Å². The van der Waals surface area contributed by atoms with Crippen LogP contribution in [0, 0.1) is 5.82 Å². The number of halogens is 1. The highest BCUT2D eigenvalue weighted by Crippen LogP contribution is 2.20. The number of benzene rings is 2. The van der Waals surface area contributed by atoms with Gasteiger partial charge in [-0.1, -0.05) is 42.5 Å². The number of hydrogen-bond donors (Lipinski definition) is 1. The maximum Gasteiger partial charge on any atom is 0.408 e. The standard InChI is InChI=1S/C17H18FNO2/c1-17(2,14-8-10-15(18)11-9-14)19-16(20)21-12-13-6-4-3-5-7-13/h3-11H,12H2,1-2H3,(H,19,20). The van der Waals surface area contributed by atoms with Crippen molar-refractivity contribution < 1.29 is 13.9 Å². The minimum Gasteiger partial charge on any atom is -0.445 e. The van der Waals surface area contributed by atoms with Gasteiger partial charge in [0.1, 0.15) is 12.4 Å². The molecule has 21 heavy (non-hydrogen) atoms. The first-order valence-corrected chi connectivity index (χ1v) is 6.72. The molecule has 2 aromatic carbocycles. The van der Waals surface area contributed by atoms with Crippen molar-refractivity contribution in [2.45, 2.75) is 26.0 Å². The molecule has 0 aliphatic heterocycles. The third kappa shape index (κ3) is 4.31. The second kappa shape index (κ2) is 6.39. The fraction of sp³-hybridized carbons (Fsp3) is 0.235. The summed E-state index contributed by atoms with van der Waals surface area (Å²) in [4.78, 5) is 11.9. The second-order valence-electron chi connectivity index (χ2n) is 5.32. The Morgan fingerprint density at radius 2 is 1.71 bits per heavy atom. The highest BCUT2D eigenvalue weighted by molar-refractivity contribution is 5.68. The molecule has 0 aliphatic carbocycles. The number of carbonyl (C=O) groups excluding carboxylic acids is 1. The van der Waals surface area contributed by atoms with Crippen molar-refractivity contribution in [3.05, 3.63) is 71.5 Å². The van der Waals surface area contributed by atoms with Crippen LogP contribution in [0.4, 0.5) is 9.18 Å². The monoisotopic (exact) mass is 287 g/mol. The normalized spacial score (nSPS) is 11.0. The molecule has 1 amide bonds. The molecule has 4 heteroatoms. The first-order chi connectivity index (χ1) is 9.97. The van der Waals surface area contributed by atoms with E-state index in [1.165, 1.54) is 12.1 Å². The molecule has 0 radical (unpaired) electrons. The average Bonchev–Trinajstić information content (AvgIpc) is 2.46. The van der Waals surface area contributed by atoms with Gasteiger partial charge in [-0.2, -0.15) is 0 Å². The van der Waals surface area contributed by atoms with Crippen molar-refractivity contribution >= 4 is 6.09 Å². The maximum atomic E-state index is 12.9. The molecule has 2 aromatic rings. The molecule has 0 saturated heterocycles. The summed E-state index contributed by atoms with van der Waals surface area (Å²) < 4.78 is 18.1. The van der Waals surface area contributed by atoms with E-state index in [0.29, 0.717) is 0 Å². The summed E-state index contributed by atoms with van der Waals surface area (Å²) in [6.45, 7) is 3.89. The number of rotatable bonds is 4. The van der Waals surface area contributed by atoms with Crippen LogP contribution in [-0.4, -0.2) is 6.09 Å². The summed E-state index contributed by atoms with van der Waals surface area (Å²) >= 11 is 0. The van der Waals surface area contributed by atoms with Gasteiger partial charge in [-0.15, -0.1) is 0 Å². The topological polar surface area (TPSA) is 38.3 Å². The molecule has 0 spiro atoms. The smallest absolute Gasteiger partial charge is 0.408 e. The van der Waals surface area contributed by atoms with Gasteiger partial charge in [0, 0.05) is 0 Å². The Balaban J connectivity index is 1.93. The zero-order valence-corrected chi connectivity index (χ0v) is 12.1. The molecule has 0 fully saturated rings. The zero-order chi connectivity index (χ0) is 15.3. The molecule has 110 valence electrons. The fourth-order valence-electron chi connectivity index (χ4n) is 1.95. The Kier molecular flexibility index (Phi) is 4.58. The molecular weight excluding hydrogens is 269 g/mol. The molecule has 3 nitrogen and oxygen atoms in total. The lowest BCUT2D eigenvalue weighted by Gasteiger charge is -2.26. The van der Waals surface area contributed by atoms with E-state index < -0.39 is 11.6 Å². The van der Waals surface area contributed by atoms with Crippen LogP contribution in [0.1, 0.15) is 25.0 Å². The fourth-order valence-corrected chi connectivity index (χ4v) is 1.95. The maximum absolute atomic E-state index is 12.9. The van der Waals surface area contributed by atoms with E-state index in [-0.39, 0.29) is 12.4 Å². The minimum atomic E-state index is -0.637. The lowest BCUT2D eigenvalue weighted by Crippen LogP contribution is -2.41. The van der Waals surface area contributed by atoms with Gasteiger partial charge >= 0.3 is 6.09 Å². The molecule has 0 aliphatic rings. The van der Waals surface area contributed by atoms with Crippen LogP contribution < -0.4 is 5.32 Å². The van der Waals surface area contributed by atoms with E-state index in [2.05, 4.69) is 5.32 Å². The van der Waals surface area contributed by atoms with Crippen molar-refractivity contribution in [1.29, 1.82) is 0 Å².